The predicted octanol–water partition coefficient (Wildman–Crippen LogP) is 4.21. The number of carbonyl (C=O) groups excluding carboxylic acids is 1. The average Bonchev–Trinajstić information content (AvgIpc) is 2.75. The number of rotatable bonds is 0. The van der Waals surface area contributed by atoms with E-state index in [1.165, 1.54) is 19.3 Å². The van der Waals surface area contributed by atoms with Crippen LogP contribution in [0.5, 0.6) is 0 Å². The van der Waals surface area contributed by atoms with E-state index in [0.717, 1.165) is 43.9 Å². The zero-order chi connectivity index (χ0) is 15.7. The van der Waals surface area contributed by atoms with Crippen molar-refractivity contribution in [2.45, 2.75) is 78.2 Å². The van der Waals surface area contributed by atoms with E-state index in [4.69, 9.17) is 0 Å². The van der Waals surface area contributed by atoms with E-state index in [9.17, 15) is 9.90 Å². The summed E-state index contributed by atoms with van der Waals surface area (Å²) in [5, 5.41) is 10.1. The van der Waals surface area contributed by atoms with Gasteiger partial charge in [0.25, 0.3) is 0 Å². The van der Waals surface area contributed by atoms with Gasteiger partial charge in [-0.15, -0.1) is 0 Å². The molecule has 4 rings (SSSR count). The van der Waals surface area contributed by atoms with Crippen LogP contribution in [0.3, 0.4) is 0 Å². The highest BCUT2D eigenvalue weighted by Crippen LogP contribution is 2.66. The van der Waals surface area contributed by atoms with Gasteiger partial charge in [0.1, 0.15) is 5.78 Å². The van der Waals surface area contributed by atoms with Crippen LogP contribution in [0.2, 0.25) is 0 Å². The highest BCUT2D eigenvalue weighted by Gasteiger charge is 2.62. The van der Waals surface area contributed by atoms with Crippen molar-refractivity contribution in [2.75, 3.05) is 0 Å². The van der Waals surface area contributed by atoms with E-state index in [-0.39, 0.29) is 11.5 Å². The zero-order valence-electron chi connectivity index (χ0n) is 14.5. The lowest BCUT2D eigenvalue weighted by Gasteiger charge is -2.62. The van der Waals surface area contributed by atoms with Crippen LogP contribution in [0, 0.1) is 40.4 Å². The average molecular weight is 304 g/mol. The van der Waals surface area contributed by atoms with Crippen molar-refractivity contribution in [2.24, 2.45) is 40.4 Å². The minimum atomic E-state index is -0.0631. The Bertz CT molecular complexity index is 486. The summed E-state index contributed by atoms with van der Waals surface area (Å²) in [7, 11) is 0. The van der Waals surface area contributed by atoms with Crippen molar-refractivity contribution in [3.63, 3.8) is 0 Å². The van der Waals surface area contributed by atoms with Gasteiger partial charge in [-0.3, -0.25) is 4.79 Å². The fourth-order valence-electron chi connectivity index (χ4n) is 7.71. The third-order valence-electron chi connectivity index (χ3n) is 8.59. The Labute approximate surface area is 135 Å². The Morgan fingerprint density at radius 3 is 2.68 bits per heavy atom. The fourth-order valence-corrected chi connectivity index (χ4v) is 7.71. The normalized spacial score (nSPS) is 57.9. The summed E-state index contributed by atoms with van der Waals surface area (Å²) in [5.74, 6) is 4.11. The van der Waals surface area contributed by atoms with Gasteiger partial charge in [-0.1, -0.05) is 20.8 Å². The molecular formula is C20H32O2. The summed E-state index contributed by atoms with van der Waals surface area (Å²) < 4.78 is 0. The first-order valence-corrected chi connectivity index (χ1v) is 9.57. The molecule has 0 aromatic carbocycles. The van der Waals surface area contributed by atoms with E-state index < -0.39 is 0 Å². The Morgan fingerprint density at radius 2 is 1.91 bits per heavy atom. The summed E-state index contributed by atoms with van der Waals surface area (Å²) in [6.45, 7) is 7.22. The Balaban J connectivity index is 1.69. The van der Waals surface area contributed by atoms with Crippen LogP contribution < -0.4 is 0 Å². The maximum Gasteiger partial charge on any atom is 0.139 e. The van der Waals surface area contributed by atoms with E-state index in [0.29, 0.717) is 29.0 Å². The number of aliphatic hydroxyl groups excluding tert-OH is 1. The van der Waals surface area contributed by atoms with E-state index in [2.05, 4.69) is 20.8 Å². The molecule has 0 bridgehead atoms. The standard InChI is InChI=1S/C20H32O2/c1-12-11-20(3)16(6-7-17(20)22)15-5-4-13-10-14(21)8-9-19(13,2)18(12)15/h12-16,18,21H,4-11H2,1-3H3. The summed E-state index contributed by atoms with van der Waals surface area (Å²) in [5.41, 5.74) is 0.395. The maximum absolute atomic E-state index is 12.5. The molecule has 22 heavy (non-hydrogen) atoms. The Kier molecular flexibility index (Phi) is 3.32. The molecule has 4 aliphatic carbocycles. The second kappa shape index (κ2) is 4.82. The molecule has 4 aliphatic rings. The minimum Gasteiger partial charge on any atom is -0.393 e. The van der Waals surface area contributed by atoms with Crippen molar-refractivity contribution in [1.82, 2.24) is 0 Å². The summed E-state index contributed by atoms with van der Waals surface area (Å²) in [4.78, 5) is 12.5. The molecule has 2 nitrogen and oxygen atoms in total. The van der Waals surface area contributed by atoms with Crippen molar-refractivity contribution < 1.29 is 9.90 Å². The molecule has 4 saturated carbocycles. The van der Waals surface area contributed by atoms with Gasteiger partial charge < -0.3 is 5.11 Å². The third kappa shape index (κ3) is 1.85. The first kappa shape index (κ1) is 15.2. The fraction of sp³-hybridized carbons (Fsp3) is 0.950. The van der Waals surface area contributed by atoms with Gasteiger partial charge in [0.15, 0.2) is 0 Å². The number of carbonyl (C=O) groups is 1. The van der Waals surface area contributed by atoms with Crippen molar-refractivity contribution in [3.8, 4) is 0 Å². The third-order valence-corrected chi connectivity index (χ3v) is 8.59. The molecule has 0 amide bonds. The number of ketones is 1. The molecule has 0 heterocycles. The quantitative estimate of drug-likeness (QED) is 0.728. The van der Waals surface area contributed by atoms with Gasteiger partial charge in [-0.05, 0) is 80.0 Å². The Morgan fingerprint density at radius 1 is 1.14 bits per heavy atom. The SMILES string of the molecule is CC1CC2(C)C(=O)CCC2C2CCC3CC(O)CCC3(C)C12. The van der Waals surface area contributed by atoms with Crippen LogP contribution >= 0.6 is 0 Å². The lowest BCUT2D eigenvalue weighted by molar-refractivity contribution is -0.155. The number of Topliss-reactive ketones (excluding diaryl/α,β-unsaturated/α-hetero) is 1. The molecule has 8 unspecified atom stereocenters. The van der Waals surface area contributed by atoms with Crippen LogP contribution in [-0.2, 0) is 4.79 Å². The molecule has 0 spiro atoms. The molecule has 124 valence electrons. The molecule has 0 aromatic rings. The van der Waals surface area contributed by atoms with E-state index in [1.807, 2.05) is 0 Å². The lowest BCUT2D eigenvalue weighted by atomic mass is 9.43. The topological polar surface area (TPSA) is 37.3 Å². The lowest BCUT2D eigenvalue weighted by Crippen LogP contribution is -2.56. The first-order chi connectivity index (χ1) is 10.4. The molecule has 0 saturated heterocycles. The van der Waals surface area contributed by atoms with Crippen LogP contribution in [-0.4, -0.2) is 17.0 Å². The van der Waals surface area contributed by atoms with Crippen LogP contribution in [0.15, 0.2) is 0 Å². The van der Waals surface area contributed by atoms with Crippen molar-refractivity contribution in [3.05, 3.63) is 0 Å². The van der Waals surface area contributed by atoms with Crippen molar-refractivity contribution >= 4 is 5.78 Å². The van der Waals surface area contributed by atoms with Crippen LogP contribution in [0.25, 0.3) is 0 Å². The van der Waals surface area contributed by atoms with Gasteiger partial charge in [-0.25, -0.2) is 0 Å². The summed E-state index contributed by atoms with van der Waals surface area (Å²) in [6.07, 6.45) is 8.81. The molecule has 8 atom stereocenters. The van der Waals surface area contributed by atoms with Gasteiger partial charge in [0, 0.05) is 11.8 Å². The predicted molar refractivity (Wildman–Crippen MR) is 87.3 cm³/mol. The van der Waals surface area contributed by atoms with E-state index in [1.54, 1.807) is 0 Å². The number of hydrogen-bond donors (Lipinski definition) is 1. The van der Waals surface area contributed by atoms with Gasteiger partial charge in [0.05, 0.1) is 6.10 Å². The number of fused-ring (bicyclic) bond motifs is 5. The largest absolute Gasteiger partial charge is 0.393 e. The highest BCUT2D eigenvalue weighted by molar-refractivity contribution is 5.87. The Hall–Kier alpha value is -0.370. The number of aliphatic hydroxyl groups is 1. The zero-order valence-corrected chi connectivity index (χ0v) is 14.5. The molecule has 0 aliphatic heterocycles. The van der Waals surface area contributed by atoms with Gasteiger partial charge >= 0.3 is 0 Å². The van der Waals surface area contributed by atoms with Crippen LogP contribution in [0.1, 0.15) is 72.1 Å². The molecule has 4 fully saturated rings. The first-order valence-electron chi connectivity index (χ1n) is 9.57. The monoisotopic (exact) mass is 304 g/mol. The van der Waals surface area contributed by atoms with E-state index >= 15 is 0 Å². The molecule has 2 heteroatoms. The molecular weight excluding hydrogens is 272 g/mol. The summed E-state index contributed by atoms with van der Waals surface area (Å²) in [6, 6.07) is 0. The molecule has 0 radical (unpaired) electrons. The number of hydrogen-bond acceptors (Lipinski definition) is 2. The second-order valence-corrected chi connectivity index (χ2v) is 9.57. The maximum atomic E-state index is 12.5. The molecule has 0 aromatic heterocycles. The smallest absolute Gasteiger partial charge is 0.139 e. The highest BCUT2D eigenvalue weighted by atomic mass is 16.3. The van der Waals surface area contributed by atoms with Crippen molar-refractivity contribution in [1.29, 1.82) is 0 Å². The second-order valence-electron chi connectivity index (χ2n) is 9.57. The van der Waals surface area contributed by atoms with Gasteiger partial charge in [-0.2, -0.15) is 0 Å². The van der Waals surface area contributed by atoms with Gasteiger partial charge in [0.2, 0.25) is 0 Å². The van der Waals surface area contributed by atoms with Crippen LogP contribution in [0.4, 0.5) is 0 Å². The minimum absolute atomic E-state index is 0.0159. The summed E-state index contributed by atoms with van der Waals surface area (Å²) >= 11 is 0. The molecule has 1 N–H and O–H groups in total.